The van der Waals surface area contributed by atoms with Gasteiger partial charge in [-0.05, 0) is 51.2 Å². The van der Waals surface area contributed by atoms with Gasteiger partial charge in [0.2, 0.25) is 0 Å². The fourth-order valence-electron chi connectivity index (χ4n) is 3.45. The minimum Gasteiger partial charge on any atom is -0.444 e. The van der Waals surface area contributed by atoms with Crippen molar-refractivity contribution in [3.63, 3.8) is 0 Å². The summed E-state index contributed by atoms with van der Waals surface area (Å²) in [5, 5.41) is 13.3. The summed E-state index contributed by atoms with van der Waals surface area (Å²) in [4.78, 5) is 15.9. The number of rotatable bonds is 7. The molecule has 1 N–H and O–H groups in total. The molecule has 1 aromatic heterocycles. The largest absolute Gasteiger partial charge is 0.444 e. The van der Waals surface area contributed by atoms with Crippen molar-refractivity contribution >= 4 is 17.3 Å². The van der Waals surface area contributed by atoms with Crippen molar-refractivity contribution < 1.29 is 14.6 Å². The molecule has 4 nitrogen and oxygen atoms in total. The zero-order valence-corrected chi connectivity index (χ0v) is 17.2. The first-order chi connectivity index (χ1) is 12.3. The number of nitrogens with zero attached hydrogens (tertiary/aromatic N) is 1. The number of carbonyl (C=O) groups excluding carboxylic acids is 1. The van der Waals surface area contributed by atoms with E-state index in [9.17, 15) is 9.90 Å². The fourth-order valence-corrected chi connectivity index (χ4v) is 4.34. The molecule has 144 valence electrons. The second-order valence-electron chi connectivity index (χ2n) is 7.39. The Balaban J connectivity index is 2.15. The summed E-state index contributed by atoms with van der Waals surface area (Å²) in [6.07, 6.45) is 3.77. The molecule has 5 heteroatoms. The number of ether oxygens (including phenoxy) is 1. The summed E-state index contributed by atoms with van der Waals surface area (Å²) in [7, 11) is 0. The first-order valence-corrected chi connectivity index (χ1v) is 10.4. The highest BCUT2D eigenvalue weighted by molar-refractivity contribution is 7.10. The van der Waals surface area contributed by atoms with E-state index >= 15 is 0 Å². The molecular weight excluding hydrogens is 346 g/mol. The number of hydrogen-bond acceptors (Lipinski definition) is 5. The Hall–Kier alpha value is -1.35. The van der Waals surface area contributed by atoms with Gasteiger partial charge in [-0.25, -0.2) is 4.79 Å². The third-order valence-electron chi connectivity index (χ3n) is 5.09. The van der Waals surface area contributed by atoms with Crippen LogP contribution in [-0.4, -0.2) is 41.2 Å². The van der Waals surface area contributed by atoms with Gasteiger partial charge < -0.3 is 9.84 Å². The highest BCUT2D eigenvalue weighted by Crippen LogP contribution is 2.43. The van der Waals surface area contributed by atoms with E-state index in [-0.39, 0.29) is 5.92 Å². The molecular formula is C21H31NO3S. The highest BCUT2D eigenvalue weighted by Gasteiger charge is 2.49. The molecule has 0 saturated heterocycles. The quantitative estimate of drug-likeness (QED) is 0.580. The van der Waals surface area contributed by atoms with Crippen LogP contribution in [0.3, 0.4) is 0 Å². The molecule has 0 radical (unpaired) electrons. The molecule has 0 amide bonds. The van der Waals surface area contributed by atoms with Gasteiger partial charge in [0.05, 0.1) is 6.54 Å². The van der Waals surface area contributed by atoms with Crippen molar-refractivity contribution in [2.45, 2.75) is 64.6 Å². The van der Waals surface area contributed by atoms with E-state index in [4.69, 9.17) is 4.74 Å². The standard InChI is InChI=1S/C21H31NO3S/c1-5-22(6-2)15-10-14-20(3,4)25-19(23)21(24,17-11-7-8-12-17)18-13-9-16-26-18/h9,13,16-17,24H,5-8,11-12,15H2,1-4H3. The highest BCUT2D eigenvalue weighted by atomic mass is 32.1. The molecule has 1 aliphatic rings. The summed E-state index contributed by atoms with van der Waals surface area (Å²) >= 11 is 1.41. The number of aliphatic hydroxyl groups is 1. The molecule has 1 heterocycles. The van der Waals surface area contributed by atoms with Crippen LogP contribution >= 0.6 is 11.3 Å². The maximum atomic E-state index is 13.0. The van der Waals surface area contributed by atoms with Crippen LogP contribution in [0.15, 0.2) is 17.5 Å². The summed E-state index contributed by atoms with van der Waals surface area (Å²) in [6, 6.07) is 3.69. The number of esters is 1. The molecule has 1 fully saturated rings. The van der Waals surface area contributed by atoms with Gasteiger partial charge in [-0.3, -0.25) is 4.90 Å². The molecule has 1 atom stereocenters. The molecule has 0 aromatic carbocycles. The fraction of sp³-hybridized carbons (Fsp3) is 0.667. The lowest BCUT2D eigenvalue weighted by Crippen LogP contribution is -2.46. The van der Waals surface area contributed by atoms with Gasteiger partial charge >= 0.3 is 5.97 Å². The minimum atomic E-state index is -1.57. The summed E-state index contributed by atoms with van der Waals surface area (Å²) in [5.74, 6) is 5.50. The van der Waals surface area contributed by atoms with Gasteiger partial charge in [-0.15, -0.1) is 11.3 Å². The van der Waals surface area contributed by atoms with Gasteiger partial charge in [0.1, 0.15) is 0 Å². The lowest BCUT2D eigenvalue weighted by Gasteiger charge is -2.33. The maximum Gasteiger partial charge on any atom is 0.345 e. The van der Waals surface area contributed by atoms with Crippen LogP contribution < -0.4 is 0 Å². The normalized spacial score (nSPS) is 17.6. The van der Waals surface area contributed by atoms with E-state index < -0.39 is 17.2 Å². The van der Waals surface area contributed by atoms with Crippen LogP contribution in [0.4, 0.5) is 0 Å². The third-order valence-corrected chi connectivity index (χ3v) is 6.08. The number of thiophene rings is 1. The van der Waals surface area contributed by atoms with Crippen LogP contribution in [-0.2, 0) is 15.1 Å². The number of carbonyl (C=O) groups is 1. The van der Waals surface area contributed by atoms with Crippen molar-refractivity contribution in [1.29, 1.82) is 0 Å². The van der Waals surface area contributed by atoms with Crippen LogP contribution in [0.5, 0.6) is 0 Å². The van der Waals surface area contributed by atoms with Crippen molar-refractivity contribution in [1.82, 2.24) is 4.90 Å². The molecule has 26 heavy (non-hydrogen) atoms. The van der Waals surface area contributed by atoms with Gasteiger partial charge in [0.25, 0.3) is 0 Å². The molecule has 1 saturated carbocycles. The topological polar surface area (TPSA) is 49.8 Å². The Morgan fingerprint density at radius 1 is 1.35 bits per heavy atom. The zero-order valence-electron chi connectivity index (χ0n) is 16.4. The minimum absolute atomic E-state index is 0.0897. The third kappa shape index (κ3) is 4.88. The van der Waals surface area contributed by atoms with Crippen molar-refractivity contribution in [3.8, 4) is 11.8 Å². The Morgan fingerprint density at radius 3 is 2.54 bits per heavy atom. The molecule has 1 unspecified atom stereocenters. The monoisotopic (exact) mass is 377 g/mol. The summed E-state index contributed by atoms with van der Waals surface area (Å²) in [5.41, 5.74) is -2.50. The number of hydrogen-bond donors (Lipinski definition) is 1. The Labute approximate surface area is 161 Å². The Kier molecular flexibility index (Phi) is 7.28. The summed E-state index contributed by atoms with van der Waals surface area (Å²) < 4.78 is 5.71. The molecule has 0 spiro atoms. The first-order valence-electron chi connectivity index (χ1n) is 9.55. The van der Waals surface area contributed by atoms with Crippen molar-refractivity contribution in [2.75, 3.05) is 19.6 Å². The van der Waals surface area contributed by atoms with Crippen LogP contribution in [0, 0.1) is 17.8 Å². The predicted octanol–water partition coefficient (Wildman–Crippen LogP) is 3.79. The molecule has 1 aromatic rings. The molecule has 0 aliphatic heterocycles. The zero-order chi connectivity index (χ0) is 19.2. The van der Waals surface area contributed by atoms with E-state index in [1.165, 1.54) is 11.3 Å². The van der Waals surface area contributed by atoms with Crippen LogP contribution in [0.25, 0.3) is 0 Å². The van der Waals surface area contributed by atoms with E-state index in [0.717, 1.165) is 38.8 Å². The van der Waals surface area contributed by atoms with E-state index in [1.54, 1.807) is 13.8 Å². The van der Waals surface area contributed by atoms with Gasteiger partial charge in [-0.1, -0.05) is 44.6 Å². The van der Waals surface area contributed by atoms with Crippen LogP contribution in [0.2, 0.25) is 0 Å². The van der Waals surface area contributed by atoms with E-state index in [1.807, 2.05) is 17.5 Å². The van der Waals surface area contributed by atoms with Gasteiger partial charge in [0.15, 0.2) is 11.2 Å². The van der Waals surface area contributed by atoms with Crippen LogP contribution in [0.1, 0.15) is 58.3 Å². The smallest absolute Gasteiger partial charge is 0.345 e. The lowest BCUT2D eigenvalue weighted by atomic mass is 9.84. The Morgan fingerprint density at radius 2 is 2.00 bits per heavy atom. The summed E-state index contributed by atoms with van der Waals surface area (Å²) in [6.45, 7) is 10.3. The molecule has 2 rings (SSSR count). The van der Waals surface area contributed by atoms with Gasteiger partial charge in [-0.2, -0.15) is 0 Å². The average Bonchev–Trinajstić information content (AvgIpc) is 3.31. The SMILES string of the molecule is CCN(CC)CC#CC(C)(C)OC(=O)C(O)(c1cccs1)C1CCCC1. The second kappa shape index (κ2) is 9.03. The first kappa shape index (κ1) is 21.0. The van der Waals surface area contributed by atoms with E-state index in [2.05, 4.69) is 30.6 Å². The average molecular weight is 378 g/mol. The second-order valence-corrected chi connectivity index (χ2v) is 8.34. The maximum absolute atomic E-state index is 13.0. The van der Waals surface area contributed by atoms with Crippen molar-refractivity contribution in [3.05, 3.63) is 22.4 Å². The van der Waals surface area contributed by atoms with Gasteiger partial charge in [0, 0.05) is 10.8 Å². The van der Waals surface area contributed by atoms with Crippen molar-refractivity contribution in [2.24, 2.45) is 5.92 Å². The van der Waals surface area contributed by atoms with E-state index in [0.29, 0.717) is 11.4 Å². The lowest BCUT2D eigenvalue weighted by molar-refractivity contribution is -0.181. The molecule has 1 aliphatic carbocycles. The molecule has 0 bridgehead atoms. The Bertz CT molecular complexity index is 634. The predicted molar refractivity (Wildman–Crippen MR) is 106 cm³/mol.